The first-order chi connectivity index (χ1) is 14.8. The van der Waals surface area contributed by atoms with Crippen molar-refractivity contribution in [1.82, 2.24) is 20.4 Å². The summed E-state index contributed by atoms with van der Waals surface area (Å²) in [6.07, 6.45) is 2.52. The number of aromatic amines is 1. The molecule has 7 nitrogen and oxygen atoms in total. The van der Waals surface area contributed by atoms with Gasteiger partial charge in [0.25, 0.3) is 5.91 Å². The average Bonchev–Trinajstić information content (AvgIpc) is 3.44. The van der Waals surface area contributed by atoms with Gasteiger partial charge in [0, 0.05) is 31.2 Å². The summed E-state index contributed by atoms with van der Waals surface area (Å²) < 4.78 is 11.2. The number of amides is 1. The van der Waals surface area contributed by atoms with Crippen molar-refractivity contribution in [2.24, 2.45) is 0 Å². The molecule has 1 unspecified atom stereocenters. The first-order valence-electron chi connectivity index (χ1n) is 10.3. The van der Waals surface area contributed by atoms with Crippen LogP contribution in [0.5, 0.6) is 11.5 Å². The van der Waals surface area contributed by atoms with Gasteiger partial charge in [-0.3, -0.25) is 14.8 Å². The first-order valence-corrected chi connectivity index (χ1v) is 10.3. The second-order valence-electron chi connectivity index (χ2n) is 7.70. The van der Waals surface area contributed by atoms with Crippen LogP contribution in [0.15, 0.2) is 54.7 Å². The summed E-state index contributed by atoms with van der Waals surface area (Å²) in [6, 6.07) is 16.2. The van der Waals surface area contributed by atoms with Crippen LogP contribution in [0.25, 0.3) is 11.3 Å². The van der Waals surface area contributed by atoms with Crippen molar-refractivity contribution in [2.45, 2.75) is 19.0 Å². The van der Waals surface area contributed by atoms with Crippen LogP contribution in [-0.2, 0) is 6.54 Å². The molecule has 30 heavy (non-hydrogen) atoms. The summed E-state index contributed by atoms with van der Waals surface area (Å²) >= 11 is 0. The minimum Gasteiger partial charge on any atom is -0.486 e. The first kappa shape index (κ1) is 18.7. The van der Waals surface area contributed by atoms with Gasteiger partial charge in [-0.25, -0.2) is 0 Å². The predicted molar refractivity (Wildman–Crippen MR) is 113 cm³/mol. The lowest BCUT2D eigenvalue weighted by Crippen LogP contribution is -2.37. The largest absolute Gasteiger partial charge is 0.486 e. The Hall–Kier alpha value is -3.32. The summed E-state index contributed by atoms with van der Waals surface area (Å²) in [5.41, 5.74) is 3.36. The van der Waals surface area contributed by atoms with Crippen molar-refractivity contribution in [1.29, 1.82) is 0 Å². The van der Waals surface area contributed by atoms with Crippen LogP contribution in [-0.4, -0.2) is 53.3 Å². The fourth-order valence-electron chi connectivity index (χ4n) is 4.08. The zero-order valence-corrected chi connectivity index (χ0v) is 16.6. The smallest absolute Gasteiger partial charge is 0.255 e. The fourth-order valence-corrected chi connectivity index (χ4v) is 4.08. The Morgan fingerprint density at radius 1 is 1.13 bits per heavy atom. The molecule has 3 aromatic rings. The summed E-state index contributed by atoms with van der Waals surface area (Å²) in [5.74, 6) is 1.30. The van der Waals surface area contributed by atoms with E-state index in [-0.39, 0.29) is 11.9 Å². The maximum atomic E-state index is 13.0. The lowest BCUT2D eigenvalue weighted by atomic mass is 10.1. The second-order valence-corrected chi connectivity index (χ2v) is 7.70. The summed E-state index contributed by atoms with van der Waals surface area (Å²) in [6.45, 7) is 3.79. The number of hydrogen-bond donors (Lipinski definition) is 2. The van der Waals surface area contributed by atoms with Crippen LogP contribution in [0.1, 0.15) is 22.3 Å². The van der Waals surface area contributed by atoms with Crippen LogP contribution in [0.3, 0.4) is 0 Å². The number of H-pyrrole nitrogens is 1. The van der Waals surface area contributed by atoms with Gasteiger partial charge >= 0.3 is 0 Å². The van der Waals surface area contributed by atoms with Crippen LogP contribution >= 0.6 is 0 Å². The molecule has 1 saturated heterocycles. The van der Waals surface area contributed by atoms with Crippen molar-refractivity contribution in [3.63, 3.8) is 0 Å². The molecule has 1 fully saturated rings. The van der Waals surface area contributed by atoms with Crippen molar-refractivity contribution in [3.05, 3.63) is 65.9 Å². The number of ether oxygens (including phenoxy) is 2. The highest BCUT2D eigenvalue weighted by atomic mass is 16.6. The van der Waals surface area contributed by atoms with E-state index in [2.05, 4.69) is 44.7 Å². The van der Waals surface area contributed by atoms with E-state index >= 15 is 0 Å². The number of carbonyl (C=O) groups is 1. The van der Waals surface area contributed by atoms with Gasteiger partial charge in [-0.15, -0.1) is 0 Å². The SMILES string of the molecule is O=C(NC1CCN(Cc2ccccc2)C1)c1cn[nH]c1-c1ccc2c(c1)OCCO2. The molecule has 2 aliphatic rings. The zero-order valence-electron chi connectivity index (χ0n) is 16.6. The molecule has 7 heteroatoms. The average molecular weight is 404 g/mol. The minimum atomic E-state index is -0.111. The number of hydrogen-bond acceptors (Lipinski definition) is 5. The molecular weight excluding hydrogens is 380 g/mol. The van der Waals surface area contributed by atoms with E-state index in [1.807, 2.05) is 24.3 Å². The molecule has 154 valence electrons. The lowest BCUT2D eigenvalue weighted by Gasteiger charge is -2.19. The zero-order chi connectivity index (χ0) is 20.3. The maximum Gasteiger partial charge on any atom is 0.255 e. The third-order valence-corrected chi connectivity index (χ3v) is 5.57. The number of nitrogens with zero attached hydrogens (tertiary/aromatic N) is 2. The van der Waals surface area contributed by atoms with E-state index in [1.54, 1.807) is 6.20 Å². The Morgan fingerprint density at radius 2 is 1.97 bits per heavy atom. The Bertz CT molecular complexity index is 1030. The molecule has 1 aromatic heterocycles. The molecule has 2 aromatic carbocycles. The van der Waals surface area contributed by atoms with E-state index in [4.69, 9.17) is 9.47 Å². The van der Waals surface area contributed by atoms with E-state index in [9.17, 15) is 4.79 Å². The van der Waals surface area contributed by atoms with Gasteiger partial charge in [-0.1, -0.05) is 30.3 Å². The normalized spacial score (nSPS) is 18.3. The minimum absolute atomic E-state index is 0.111. The van der Waals surface area contributed by atoms with Gasteiger partial charge in [0.1, 0.15) is 13.2 Å². The number of nitrogens with one attached hydrogen (secondary N) is 2. The molecule has 0 aliphatic carbocycles. The third kappa shape index (κ3) is 3.89. The van der Waals surface area contributed by atoms with Crippen LogP contribution in [0, 0.1) is 0 Å². The quantitative estimate of drug-likeness (QED) is 0.684. The number of fused-ring (bicyclic) bond motifs is 1. The molecule has 0 spiro atoms. The van der Waals surface area contributed by atoms with Gasteiger partial charge in [-0.2, -0.15) is 5.10 Å². The third-order valence-electron chi connectivity index (χ3n) is 5.57. The second kappa shape index (κ2) is 8.20. The van der Waals surface area contributed by atoms with Gasteiger partial charge < -0.3 is 14.8 Å². The van der Waals surface area contributed by atoms with Crippen LogP contribution in [0.2, 0.25) is 0 Å². The molecule has 2 N–H and O–H groups in total. The molecule has 2 aliphatic heterocycles. The molecular formula is C23H24N4O3. The van der Waals surface area contributed by atoms with Gasteiger partial charge in [0.15, 0.2) is 11.5 Å². The summed E-state index contributed by atoms with van der Waals surface area (Å²) in [5, 5.41) is 10.2. The number of aromatic nitrogens is 2. The predicted octanol–water partition coefficient (Wildman–Crippen LogP) is 2.85. The topological polar surface area (TPSA) is 79.5 Å². The summed E-state index contributed by atoms with van der Waals surface area (Å²) in [7, 11) is 0. The summed E-state index contributed by atoms with van der Waals surface area (Å²) in [4.78, 5) is 15.3. The van der Waals surface area contributed by atoms with Crippen molar-refractivity contribution >= 4 is 5.91 Å². The lowest BCUT2D eigenvalue weighted by molar-refractivity contribution is 0.0938. The highest BCUT2D eigenvalue weighted by molar-refractivity contribution is 6.00. The highest BCUT2D eigenvalue weighted by Crippen LogP contribution is 2.34. The van der Waals surface area contributed by atoms with Gasteiger partial charge in [0.2, 0.25) is 0 Å². The van der Waals surface area contributed by atoms with E-state index in [0.717, 1.165) is 37.4 Å². The standard InChI is InChI=1S/C23H24N4O3/c28-23(25-18-8-9-27(15-18)14-16-4-2-1-3-5-16)19-13-24-26-22(19)17-6-7-20-21(12-17)30-11-10-29-20/h1-7,12-13,18H,8-11,14-15H2,(H,24,26)(H,25,28). The van der Waals surface area contributed by atoms with Crippen LogP contribution < -0.4 is 14.8 Å². The molecule has 0 saturated carbocycles. The fraction of sp³-hybridized carbons (Fsp3) is 0.304. The molecule has 0 radical (unpaired) electrons. The Balaban J connectivity index is 1.25. The van der Waals surface area contributed by atoms with Crippen molar-refractivity contribution < 1.29 is 14.3 Å². The van der Waals surface area contributed by atoms with E-state index in [0.29, 0.717) is 30.2 Å². The number of likely N-dealkylation sites (tertiary alicyclic amines) is 1. The van der Waals surface area contributed by atoms with Crippen molar-refractivity contribution in [3.8, 4) is 22.8 Å². The molecule has 3 heterocycles. The Labute approximate surface area is 175 Å². The Kier molecular flexibility index (Phi) is 5.11. The Morgan fingerprint density at radius 3 is 2.83 bits per heavy atom. The molecule has 5 rings (SSSR count). The highest BCUT2D eigenvalue weighted by Gasteiger charge is 2.26. The molecule has 1 atom stereocenters. The molecule has 1 amide bonds. The van der Waals surface area contributed by atoms with Gasteiger partial charge in [0.05, 0.1) is 17.5 Å². The van der Waals surface area contributed by atoms with Crippen LogP contribution in [0.4, 0.5) is 0 Å². The number of benzene rings is 2. The van der Waals surface area contributed by atoms with E-state index < -0.39 is 0 Å². The number of rotatable bonds is 5. The number of carbonyl (C=O) groups excluding carboxylic acids is 1. The van der Waals surface area contributed by atoms with E-state index in [1.165, 1.54) is 5.56 Å². The molecule has 0 bridgehead atoms. The van der Waals surface area contributed by atoms with Gasteiger partial charge in [-0.05, 0) is 30.2 Å². The monoisotopic (exact) mass is 404 g/mol. The maximum absolute atomic E-state index is 13.0. The van der Waals surface area contributed by atoms with Crippen molar-refractivity contribution in [2.75, 3.05) is 26.3 Å².